The van der Waals surface area contributed by atoms with Gasteiger partial charge in [-0.15, -0.1) is 0 Å². The van der Waals surface area contributed by atoms with Crippen molar-refractivity contribution < 1.29 is 23.5 Å². The minimum absolute atomic E-state index is 0.0883. The van der Waals surface area contributed by atoms with Crippen LogP contribution in [-0.4, -0.2) is 18.9 Å². The van der Waals surface area contributed by atoms with E-state index in [-0.39, 0.29) is 22.7 Å². The highest BCUT2D eigenvalue weighted by Crippen LogP contribution is 2.40. The zero-order valence-corrected chi connectivity index (χ0v) is 21.8. The van der Waals surface area contributed by atoms with E-state index in [1.54, 1.807) is 42.5 Å². The van der Waals surface area contributed by atoms with Crippen LogP contribution in [0.1, 0.15) is 21.5 Å². The number of ketones is 1. The summed E-state index contributed by atoms with van der Waals surface area (Å²) in [4.78, 5) is 26.5. The minimum Gasteiger partial charge on any atom is -0.494 e. The van der Waals surface area contributed by atoms with Gasteiger partial charge in [0.1, 0.15) is 22.9 Å². The predicted molar refractivity (Wildman–Crippen MR) is 134 cm³/mol. The number of allylic oxidation sites excluding steroid dienone is 1. The molecule has 0 unspecified atom stereocenters. The molecule has 0 radical (unpaired) electrons. The van der Waals surface area contributed by atoms with E-state index in [0.29, 0.717) is 31.4 Å². The van der Waals surface area contributed by atoms with E-state index in [0.717, 1.165) is 4.47 Å². The molecule has 0 saturated heterocycles. The summed E-state index contributed by atoms with van der Waals surface area (Å²) >= 11 is 10.2. The molecular weight excluding hydrogens is 623 g/mol. The zero-order chi connectivity index (χ0) is 23.7. The van der Waals surface area contributed by atoms with Gasteiger partial charge in [0.25, 0.3) is 0 Å². The largest absolute Gasteiger partial charge is 0.494 e. The first kappa shape index (κ1) is 23.6. The molecule has 0 atom stereocenters. The molecule has 166 valence electrons. The molecule has 33 heavy (non-hydrogen) atoms. The SMILES string of the molecule is COc1c(Br)cc(C(=O)C2=C(c3ccc(Br)cc3)/C(=C/c3ccc(F)cc3)OC2=O)cc1Br. The summed E-state index contributed by atoms with van der Waals surface area (Å²) in [5.41, 5.74) is 1.81. The maximum Gasteiger partial charge on any atom is 0.348 e. The van der Waals surface area contributed by atoms with Crippen molar-refractivity contribution in [1.29, 1.82) is 0 Å². The van der Waals surface area contributed by atoms with Crippen molar-refractivity contribution in [1.82, 2.24) is 0 Å². The highest BCUT2D eigenvalue weighted by molar-refractivity contribution is 9.11. The molecule has 0 aromatic heterocycles. The smallest absolute Gasteiger partial charge is 0.348 e. The first-order chi connectivity index (χ1) is 15.8. The van der Waals surface area contributed by atoms with Crippen LogP contribution in [0, 0.1) is 5.82 Å². The number of rotatable bonds is 5. The summed E-state index contributed by atoms with van der Waals surface area (Å²) < 4.78 is 26.1. The van der Waals surface area contributed by atoms with Gasteiger partial charge < -0.3 is 9.47 Å². The molecule has 0 amide bonds. The Labute approximate surface area is 214 Å². The van der Waals surface area contributed by atoms with Crippen LogP contribution >= 0.6 is 47.8 Å². The van der Waals surface area contributed by atoms with E-state index in [1.807, 2.05) is 12.1 Å². The number of hydrogen-bond donors (Lipinski definition) is 0. The highest BCUT2D eigenvalue weighted by Gasteiger charge is 2.36. The van der Waals surface area contributed by atoms with Gasteiger partial charge in [-0.3, -0.25) is 4.79 Å². The lowest BCUT2D eigenvalue weighted by Gasteiger charge is -2.09. The van der Waals surface area contributed by atoms with Crippen molar-refractivity contribution in [2.45, 2.75) is 0 Å². The molecule has 1 aliphatic rings. The average Bonchev–Trinajstić information content (AvgIpc) is 3.10. The van der Waals surface area contributed by atoms with Crippen LogP contribution in [0.2, 0.25) is 0 Å². The third-order valence-corrected chi connectivity index (χ3v) is 6.60. The number of ether oxygens (including phenoxy) is 2. The van der Waals surface area contributed by atoms with Crippen molar-refractivity contribution in [3.8, 4) is 5.75 Å². The molecule has 3 aromatic rings. The summed E-state index contributed by atoms with van der Waals surface area (Å²) in [5, 5.41) is 0. The number of carbonyl (C=O) groups excluding carboxylic acids is 2. The molecule has 0 N–H and O–H groups in total. The molecule has 8 heteroatoms. The third-order valence-electron chi connectivity index (χ3n) is 4.90. The highest BCUT2D eigenvalue weighted by atomic mass is 79.9. The minimum atomic E-state index is -0.755. The Bertz CT molecular complexity index is 1300. The van der Waals surface area contributed by atoms with Crippen molar-refractivity contribution >= 4 is 71.2 Å². The topological polar surface area (TPSA) is 52.6 Å². The fourth-order valence-electron chi connectivity index (χ4n) is 3.38. The van der Waals surface area contributed by atoms with Gasteiger partial charge in [0.15, 0.2) is 0 Å². The van der Waals surface area contributed by atoms with Gasteiger partial charge in [-0.25, -0.2) is 9.18 Å². The van der Waals surface area contributed by atoms with Crippen molar-refractivity contribution in [3.05, 3.63) is 108 Å². The van der Waals surface area contributed by atoms with E-state index >= 15 is 0 Å². The number of Topliss-reactive ketones (excluding diaryl/α,β-unsaturated/α-hetero) is 1. The monoisotopic (exact) mass is 634 g/mol. The Morgan fingerprint density at radius 3 is 2.15 bits per heavy atom. The number of benzene rings is 3. The van der Waals surface area contributed by atoms with Gasteiger partial charge in [-0.2, -0.15) is 0 Å². The molecule has 4 nitrogen and oxygen atoms in total. The quantitative estimate of drug-likeness (QED) is 0.167. The predicted octanol–water partition coefficient (Wildman–Crippen LogP) is 7.36. The normalized spacial score (nSPS) is 14.6. The Hall–Kier alpha value is -2.55. The van der Waals surface area contributed by atoms with Gasteiger partial charge in [0.2, 0.25) is 5.78 Å². The number of cyclic esters (lactones) is 1. The van der Waals surface area contributed by atoms with E-state index in [2.05, 4.69) is 47.8 Å². The van der Waals surface area contributed by atoms with E-state index < -0.39 is 11.8 Å². The summed E-state index contributed by atoms with van der Waals surface area (Å²) in [7, 11) is 1.52. The fourth-order valence-corrected chi connectivity index (χ4v) is 5.15. The molecule has 1 heterocycles. The summed E-state index contributed by atoms with van der Waals surface area (Å²) in [5.74, 6) is -0.891. The Balaban J connectivity index is 1.90. The van der Waals surface area contributed by atoms with Crippen LogP contribution < -0.4 is 4.74 Å². The fraction of sp³-hybridized carbons (Fsp3) is 0.0400. The molecular formula is C25H14Br3FO4. The second kappa shape index (κ2) is 9.75. The summed E-state index contributed by atoms with van der Waals surface area (Å²) in [6, 6.07) is 16.1. The molecule has 3 aromatic carbocycles. The van der Waals surface area contributed by atoms with Gasteiger partial charge in [0.05, 0.1) is 16.1 Å². The first-order valence-electron chi connectivity index (χ1n) is 9.56. The summed E-state index contributed by atoms with van der Waals surface area (Å²) in [6.45, 7) is 0. The van der Waals surface area contributed by atoms with E-state index in [9.17, 15) is 14.0 Å². The standard InChI is InChI=1S/C25H14Br3FO4/c1-32-24-18(27)11-15(12-19(24)28)23(30)22-21(14-4-6-16(26)7-5-14)20(33-25(22)31)10-13-2-8-17(29)9-3-13/h2-12H,1H3/b20-10-. The molecule has 1 aliphatic heterocycles. The van der Waals surface area contributed by atoms with E-state index in [4.69, 9.17) is 9.47 Å². The van der Waals surface area contributed by atoms with Crippen LogP contribution in [-0.2, 0) is 9.53 Å². The molecule has 0 bridgehead atoms. The first-order valence-corrected chi connectivity index (χ1v) is 11.9. The van der Waals surface area contributed by atoms with Crippen LogP contribution in [0.25, 0.3) is 11.6 Å². The molecule has 0 saturated carbocycles. The third kappa shape index (κ3) is 4.88. The summed E-state index contributed by atoms with van der Waals surface area (Å²) in [6.07, 6.45) is 1.61. The van der Waals surface area contributed by atoms with Gasteiger partial charge in [-0.05, 0) is 85.5 Å². The number of hydrogen-bond acceptors (Lipinski definition) is 4. The number of halogens is 4. The maximum atomic E-state index is 13.5. The number of carbonyl (C=O) groups is 2. The van der Waals surface area contributed by atoms with Crippen molar-refractivity contribution in [2.75, 3.05) is 7.11 Å². The Morgan fingerprint density at radius 1 is 0.970 bits per heavy atom. The second-order valence-corrected chi connectivity index (χ2v) is 9.63. The molecule has 0 fully saturated rings. The Morgan fingerprint density at radius 2 is 1.58 bits per heavy atom. The number of esters is 1. The van der Waals surface area contributed by atoms with Gasteiger partial charge >= 0.3 is 5.97 Å². The van der Waals surface area contributed by atoms with Crippen molar-refractivity contribution in [2.24, 2.45) is 0 Å². The average molecular weight is 637 g/mol. The van der Waals surface area contributed by atoms with Gasteiger partial charge in [0, 0.05) is 15.6 Å². The number of methoxy groups -OCH3 is 1. The van der Waals surface area contributed by atoms with Crippen LogP contribution in [0.15, 0.2) is 85.4 Å². The lowest BCUT2D eigenvalue weighted by atomic mass is 9.93. The molecule has 0 spiro atoms. The molecule has 0 aliphatic carbocycles. The lowest BCUT2D eigenvalue weighted by molar-refractivity contribution is -0.132. The Kier molecular flexibility index (Phi) is 6.97. The van der Waals surface area contributed by atoms with Crippen LogP contribution in [0.3, 0.4) is 0 Å². The van der Waals surface area contributed by atoms with Crippen LogP contribution in [0.4, 0.5) is 4.39 Å². The van der Waals surface area contributed by atoms with Crippen molar-refractivity contribution in [3.63, 3.8) is 0 Å². The van der Waals surface area contributed by atoms with Crippen LogP contribution in [0.5, 0.6) is 5.75 Å². The second-order valence-electron chi connectivity index (χ2n) is 7.01. The molecule has 4 rings (SSSR count). The zero-order valence-electron chi connectivity index (χ0n) is 17.0. The van der Waals surface area contributed by atoms with E-state index in [1.165, 1.54) is 19.2 Å². The lowest BCUT2D eigenvalue weighted by Crippen LogP contribution is -2.11. The maximum absolute atomic E-state index is 13.5. The van der Waals surface area contributed by atoms with Gasteiger partial charge in [-0.1, -0.05) is 40.2 Å².